The molecule has 0 bridgehead atoms. The number of hydrogen-bond donors (Lipinski definition) is 0. The Labute approximate surface area is 276 Å². The highest BCUT2D eigenvalue weighted by Gasteiger charge is 2.45. The number of anilines is 5. The van der Waals surface area contributed by atoms with Crippen molar-refractivity contribution in [3.05, 3.63) is 164 Å². The average molecular weight is 593 g/mol. The summed E-state index contributed by atoms with van der Waals surface area (Å²) in [5.41, 5.74) is 9.97. The Kier molecular flexibility index (Phi) is 4.26. The second-order valence-electron chi connectivity index (χ2n) is 11.6. The van der Waals surface area contributed by atoms with Gasteiger partial charge in [0, 0.05) is 44.6 Å². The van der Waals surface area contributed by atoms with E-state index in [1.54, 1.807) is 0 Å². The lowest BCUT2D eigenvalue weighted by Gasteiger charge is -2.46. The fraction of sp³-hybridized carbons (Fsp3) is 0. The van der Waals surface area contributed by atoms with Gasteiger partial charge in [0.05, 0.1) is 13.9 Å². The van der Waals surface area contributed by atoms with Crippen LogP contribution in [-0.2, 0) is 0 Å². The van der Waals surface area contributed by atoms with E-state index in [9.17, 15) is 2.74 Å². The highest BCUT2D eigenvalue weighted by Crippen LogP contribution is 2.50. The molecule has 3 nitrogen and oxygen atoms in total. The van der Waals surface area contributed by atoms with Crippen LogP contribution in [0.15, 0.2) is 168 Å². The molecule has 10 rings (SSSR count). The van der Waals surface area contributed by atoms with Gasteiger partial charge in [-0.3, -0.25) is 0 Å². The van der Waals surface area contributed by atoms with E-state index in [2.05, 4.69) is 64.3 Å². The Morgan fingerprint density at radius 2 is 1.24 bits per heavy atom. The zero-order valence-electron chi connectivity index (χ0n) is 30.5. The number of benzene rings is 7. The van der Waals surface area contributed by atoms with Crippen LogP contribution >= 0.6 is 0 Å². The van der Waals surface area contributed by atoms with Gasteiger partial charge >= 0.3 is 6.85 Å². The second kappa shape index (κ2) is 9.75. The van der Waals surface area contributed by atoms with Crippen LogP contribution in [-0.4, -0.2) is 6.85 Å². The molecule has 0 unspecified atom stereocenters. The van der Waals surface area contributed by atoms with Gasteiger partial charge in [0.15, 0.2) is 5.58 Å². The molecule has 0 amide bonds. The molecule has 46 heavy (non-hydrogen) atoms. The summed E-state index contributed by atoms with van der Waals surface area (Å²) in [5.74, 6) is 0. The molecule has 7 aromatic carbocycles. The van der Waals surface area contributed by atoms with Gasteiger partial charge in [0.2, 0.25) is 0 Å². The van der Waals surface area contributed by atoms with Crippen molar-refractivity contribution in [1.82, 2.24) is 0 Å². The molecule has 0 radical (unpaired) electrons. The molecule has 2 aliphatic heterocycles. The Bertz CT molecular complexity index is 2790. The fourth-order valence-electron chi connectivity index (χ4n) is 7.35. The van der Waals surface area contributed by atoms with E-state index in [0.29, 0.717) is 16.8 Å². The largest absolute Gasteiger partial charge is 0.454 e. The van der Waals surface area contributed by atoms with Gasteiger partial charge in [-0.05, 0) is 64.5 Å². The molecular weight excluding hydrogens is 559 g/mol. The van der Waals surface area contributed by atoms with E-state index in [1.807, 2.05) is 72.8 Å². The van der Waals surface area contributed by atoms with Crippen molar-refractivity contribution in [2.24, 2.45) is 0 Å². The molecule has 0 saturated carbocycles. The minimum atomic E-state index is -0.420. The quantitative estimate of drug-likeness (QED) is 0.190. The SMILES string of the molecule is [2H]c1c([2H])c([2H])c2c(oc3c(N4B5c6ccccc6N(c6ccccc6)c6cccc(c65)-c5ccccc54)c(-c4ccccc4)c([2H])c([2H])c32)c1[2H]. The Morgan fingerprint density at radius 3 is 2.11 bits per heavy atom. The molecular formula is C42H27BN2O. The van der Waals surface area contributed by atoms with E-state index in [4.69, 9.17) is 9.90 Å². The van der Waals surface area contributed by atoms with Crippen LogP contribution < -0.4 is 20.6 Å². The van der Waals surface area contributed by atoms with Crippen LogP contribution in [0.3, 0.4) is 0 Å². The third-order valence-corrected chi connectivity index (χ3v) is 9.20. The van der Waals surface area contributed by atoms with Crippen molar-refractivity contribution in [3.63, 3.8) is 0 Å². The summed E-state index contributed by atoms with van der Waals surface area (Å²) in [4.78, 5) is 4.50. The van der Waals surface area contributed by atoms with Crippen molar-refractivity contribution in [3.8, 4) is 22.3 Å². The molecule has 214 valence electrons. The number of rotatable bonds is 3. The van der Waals surface area contributed by atoms with Gasteiger partial charge in [0.1, 0.15) is 5.58 Å². The van der Waals surface area contributed by atoms with Crippen LogP contribution in [0.4, 0.5) is 28.4 Å². The third kappa shape index (κ3) is 3.50. The third-order valence-electron chi connectivity index (χ3n) is 9.20. The summed E-state index contributed by atoms with van der Waals surface area (Å²) in [6.45, 7) is -0.420. The highest BCUT2D eigenvalue weighted by atomic mass is 16.3. The molecule has 0 saturated heterocycles. The van der Waals surface area contributed by atoms with Gasteiger partial charge in [-0.1, -0.05) is 121 Å². The molecule has 0 N–H and O–H groups in total. The minimum absolute atomic E-state index is 0.0361. The zero-order chi connectivity index (χ0) is 35.4. The molecule has 8 aromatic rings. The van der Waals surface area contributed by atoms with Crippen LogP contribution in [0.5, 0.6) is 0 Å². The van der Waals surface area contributed by atoms with Crippen LogP contribution in [0.25, 0.3) is 44.2 Å². The summed E-state index contributed by atoms with van der Waals surface area (Å²) in [6, 6.07) is 41.1. The molecule has 0 aliphatic carbocycles. The van der Waals surface area contributed by atoms with E-state index in [1.165, 1.54) is 0 Å². The van der Waals surface area contributed by atoms with E-state index in [0.717, 1.165) is 44.8 Å². The van der Waals surface area contributed by atoms with Crippen molar-refractivity contribution < 1.29 is 12.6 Å². The molecule has 2 aliphatic rings. The van der Waals surface area contributed by atoms with Crippen LogP contribution in [0, 0.1) is 0 Å². The summed E-state index contributed by atoms with van der Waals surface area (Å²) in [5, 5.41) is 0.291. The van der Waals surface area contributed by atoms with Crippen molar-refractivity contribution in [2.75, 3.05) is 9.71 Å². The molecule has 3 heterocycles. The fourth-order valence-corrected chi connectivity index (χ4v) is 7.35. The lowest BCUT2D eigenvalue weighted by molar-refractivity contribution is 0.669. The molecule has 0 atom stereocenters. The molecule has 0 fully saturated rings. The predicted molar refractivity (Wildman–Crippen MR) is 193 cm³/mol. The van der Waals surface area contributed by atoms with Gasteiger partial charge in [0.25, 0.3) is 0 Å². The van der Waals surface area contributed by atoms with Crippen molar-refractivity contribution in [2.45, 2.75) is 0 Å². The molecule has 4 heteroatoms. The minimum Gasteiger partial charge on any atom is -0.454 e. The van der Waals surface area contributed by atoms with Gasteiger partial charge in [-0.25, -0.2) is 0 Å². The Hall–Kier alpha value is -6.00. The number of fused-ring (bicyclic) bond motifs is 7. The maximum Gasteiger partial charge on any atom is 0.333 e. The van der Waals surface area contributed by atoms with Crippen molar-refractivity contribution in [1.29, 1.82) is 0 Å². The topological polar surface area (TPSA) is 19.6 Å². The first-order chi connectivity index (χ1) is 25.4. The first-order valence-corrected chi connectivity index (χ1v) is 15.3. The smallest absolute Gasteiger partial charge is 0.333 e. The Balaban J connectivity index is 1.41. The number of nitrogens with zero attached hydrogens (tertiary/aromatic N) is 2. The van der Waals surface area contributed by atoms with E-state index >= 15 is 0 Å². The van der Waals surface area contributed by atoms with Crippen molar-refractivity contribution >= 4 is 68.1 Å². The van der Waals surface area contributed by atoms with E-state index < -0.39 is 18.9 Å². The van der Waals surface area contributed by atoms with E-state index in [-0.39, 0.29) is 46.1 Å². The van der Waals surface area contributed by atoms with Gasteiger partial charge in [-0.15, -0.1) is 0 Å². The summed E-state index contributed by atoms with van der Waals surface area (Å²) >= 11 is 0. The number of hydrogen-bond acceptors (Lipinski definition) is 3. The maximum atomic E-state index is 9.65. The number of para-hydroxylation sites is 4. The lowest BCUT2D eigenvalue weighted by Crippen LogP contribution is -2.61. The summed E-state index contributed by atoms with van der Waals surface area (Å²) < 4.78 is 60.4. The maximum absolute atomic E-state index is 9.65. The zero-order valence-corrected chi connectivity index (χ0v) is 24.5. The molecule has 1 aromatic heterocycles. The summed E-state index contributed by atoms with van der Waals surface area (Å²) in [6.07, 6.45) is 0. The van der Waals surface area contributed by atoms with Gasteiger partial charge < -0.3 is 14.1 Å². The predicted octanol–water partition coefficient (Wildman–Crippen LogP) is 9.96. The summed E-state index contributed by atoms with van der Waals surface area (Å²) in [7, 11) is 0. The first kappa shape index (κ1) is 20.1. The average Bonchev–Trinajstić information content (AvgIpc) is 3.59. The molecule has 0 spiro atoms. The van der Waals surface area contributed by atoms with Crippen LogP contribution in [0.2, 0.25) is 0 Å². The normalized spacial score (nSPS) is 14.9. The monoisotopic (exact) mass is 592 g/mol. The van der Waals surface area contributed by atoms with Crippen LogP contribution in [0.1, 0.15) is 8.22 Å². The lowest BCUT2D eigenvalue weighted by atomic mass is 9.43. The first-order valence-electron chi connectivity index (χ1n) is 18.3. The standard InChI is InChI=1S/C42H27BN2O/c1-3-14-28(15-4-1)30-26-27-34-32-19-8-12-25-39(32)46-42(34)41(30)45-36-22-10-7-18-31(36)33-20-13-24-38-40(33)43(45)35-21-9-11-23-37(35)44(38)29-16-5-2-6-17-29/h1-27H/i8D,12D,19D,25D,26D,27D. The van der Waals surface area contributed by atoms with Gasteiger partial charge in [-0.2, -0.15) is 0 Å². The number of furan rings is 1. The Morgan fingerprint density at radius 1 is 0.543 bits per heavy atom. The highest BCUT2D eigenvalue weighted by molar-refractivity contribution is 6.93. The second-order valence-corrected chi connectivity index (χ2v) is 11.6.